The summed E-state index contributed by atoms with van der Waals surface area (Å²) in [6.45, 7) is 3.54. The molecule has 1 heterocycles. The Kier molecular flexibility index (Phi) is 7.30. The zero-order valence-corrected chi connectivity index (χ0v) is 15.8. The third-order valence-corrected chi connectivity index (χ3v) is 5.85. The van der Waals surface area contributed by atoms with Crippen molar-refractivity contribution in [3.63, 3.8) is 0 Å². The lowest BCUT2D eigenvalue weighted by Gasteiger charge is -2.26. The Morgan fingerprint density at radius 1 is 1.24 bits per heavy atom. The highest BCUT2D eigenvalue weighted by molar-refractivity contribution is 7.89. The average molecular weight is 386 g/mol. The first kappa shape index (κ1) is 19.8. The van der Waals surface area contributed by atoms with Gasteiger partial charge in [-0.15, -0.1) is 0 Å². The molecule has 138 valence electrons. The lowest BCUT2D eigenvalue weighted by molar-refractivity contribution is -0.119. The number of anilines is 1. The molecule has 0 bridgehead atoms. The number of benzene rings is 1. The Labute approximate surface area is 153 Å². The highest BCUT2D eigenvalue weighted by atomic mass is 32.2. The molecule has 25 heavy (non-hydrogen) atoms. The number of nitrogens with zero attached hydrogens (tertiary/aromatic N) is 1. The van der Waals surface area contributed by atoms with Gasteiger partial charge in [0.2, 0.25) is 15.9 Å². The molecule has 2 rings (SSSR count). The van der Waals surface area contributed by atoms with Crippen LogP contribution in [0.5, 0.6) is 0 Å². The van der Waals surface area contributed by atoms with Gasteiger partial charge in [-0.25, -0.2) is 8.42 Å². The lowest BCUT2D eigenvalue weighted by Crippen LogP contribution is -2.40. The second-order valence-electron chi connectivity index (χ2n) is 5.65. The van der Waals surface area contributed by atoms with Crippen LogP contribution in [-0.2, 0) is 19.6 Å². The molecule has 7 nitrogen and oxygen atoms in total. The maximum Gasteiger partial charge on any atom is 0.243 e. The van der Waals surface area contributed by atoms with E-state index in [1.807, 2.05) is 6.92 Å². The first-order valence-electron chi connectivity index (χ1n) is 8.22. The van der Waals surface area contributed by atoms with Crippen LogP contribution in [0.15, 0.2) is 29.2 Å². The number of morpholine rings is 1. The van der Waals surface area contributed by atoms with Crippen molar-refractivity contribution >= 4 is 38.9 Å². The summed E-state index contributed by atoms with van der Waals surface area (Å²) in [5, 5.41) is 5.68. The van der Waals surface area contributed by atoms with E-state index in [-0.39, 0.29) is 15.9 Å². The number of rotatable bonds is 6. The van der Waals surface area contributed by atoms with Gasteiger partial charge >= 0.3 is 0 Å². The Bertz CT molecular complexity index is 699. The molecule has 1 saturated heterocycles. The number of amides is 1. The van der Waals surface area contributed by atoms with E-state index < -0.39 is 10.0 Å². The van der Waals surface area contributed by atoms with Crippen LogP contribution < -0.4 is 10.6 Å². The summed E-state index contributed by atoms with van der Waals surface area (Å²) in [4.78, 5) is 11.8. The van der Waals surface area contributed by atoms with Gasteiger partial charge in [0.05, 0.1) is 18.1 Å². The molecule has 0 aromatic heterocycles. The summed E-state index contributed by atoms with van der Waals surface area (Å²) in [6.07, 6.45) is 2.17. The third-order valence-electron chi connectivity index (χ3n) is 3.73. The van der Waals surface area contributed by atoms with Crippen LogP contribution in [0.2, 0.25) is 0 Å². The van der Waals surface area contributed by atoms with Crippen molar-refractivity contribution < 1.29 is 17.9 Å². The number of carbonyl (C=O) groups is 1. The van der Waals surface area contributed by atoms with E-state index in [4.69, 9.17) is 17.0 Å². The number of hydrogen-bond acceptors (Lipinski definition) is 5. The SMILES string of the molecule is CCCCC(=O)NC(=S)Nc1ccc(S(=O)(=O)N2CCOCC2)cc1. The number of nitrogens with one attached hydrogen (secondary N) is 2. The van der Waals surface area contributed by atoms with Crippen LogP contribution >= 0.6 is 12.2 Å². The predicted octanol–water partition coefficient (Wildman–Crippen LogP) is 1.71. The van der Waals surface area contributed by atoms with Gasteiger partial charge in [-0.2, -0.15) is 4.31 Å². The molecule has 0 saturated carbocycles. The van der Waals surface area contributed by atoms with Crippen molar-refractivity contribution in [2.24, 2.45) is 0 Å². The number of hydrogen-bond donors (Lipinski definition) is 2. The van der Waals surface area contributed by atoms with Crippen molar-refractivity contribution in [3.05, 3.63) is 24.3 Å². The van der Waals surface area contributed by atoms with Crippen LogP contribution in [-0.4, -0.2) is 50.0 Å². The number of thiocarbonyl (C=S) groups is 1. The molecule has 1 aliphatic rings. The van der Waals surface area contributed by atoms with Gasteiger partial charge in [-0.1, -0.05) is 13.3 Å². The van der Waals surface area contributed by atoms with Gasteiger partial charge in [0, 0.05) is 25.2 Å². The van der Waals surface area contributed by atoms with Crippen LogP contribution in [0.25, 0.3) is 0 Å². The largest absolute Gasteiger partial charge is 0.379 e. The number of sulfonamides is 1. The molecule has 0 unspecified atom stereocenters. The molecule has 1 aliphatic heterocycles. The van der Waals surface area contributed by atoms with Gasteiger partial charge in [0.15, 0.2) is 5.11 Å². The Morgan fingerprint density at radius 2 is 1.88 bits per heavy atom. The second kappa shape index (κ2) is 9.23. The molecule has 2 N–H and O–H groups in total. The van der Waals surface area contributed by atoms with E-state index in [9.17, 15) is 13.2 Å². The molecule has 0 aliphatic carbocycles. The predicted molar refractivity (Wildman–Crippen MR) is 99.9 cm³/mol. The second-order valence-corrected chi connectivity index (χ2v) is 7.99. The molecule has 9 heteroatoms. The Hall–Kier alpha value is -1.55. The van der Waals surface area contributed by atoms with Gasteiger partial charge in [-0.3, -0.25) is 4.79 Å². The van der Waals surface area contributed by atoms with Crippen molar-refractivity contribution in [1.82, 2.24) is 9.62 Å². The highest BCUT2D eigenvalue weighted by Gasteiger charge is 2.26. The molecular weight excluding hydrogens is 362 g/mol. The summed E-state index contributed by atoms with van der Waals surface area (Å²) >= 11 is 5.09. The fourth-order valence-electron chi connectivity index (χ4n) is 2.34. The minimum Gasteiger partial charge on any atom is -0.379 e. The first-order valence-corrected chi connectivity index (χ1v) is 10.1. The Balaban J connectivity index is 1.95. The highest BCUT2D eigenvalue weighted by Crippen LogP contribution is 2.19. The average Bonchev–Trinajstić information content (AvgIpc) is 2.61. The maximum atomic E-state index is 12.5. The third kappa shape index (κ3) is 5.74. The van der Waals surface area contributed by atoms with Crippen molar-refractivity contribution in [2.75, 3.05) is 31.6 Å². The van der Waals surface area contributed by atoms with E-state index in [1.165, 1.54) is 16.4 Å². The lowest BCUT2D eigenvalue weighted by atomic mass is 10.2. The van der Waals surface area contributed by atoms with E-state index >= 15 is 0 Å². The smallest absolute Gasteiger partial charge is 0.243 e. The van der Waals surface area contributed by atoms with E-state index in [0.717, 1.165) is 12.8 Å². The van der Waals surface area contributed by atoms with Crippen molar-refractivity contribution in [1.29, 1.82) is 0 Å². The van der Waals surface area contributed by atoms with Crippen LogP contribution in [0.3, 0.4) is 0 Å². The zero-order valence-electron chi connectivity index (χ0n) is 14.2. The summed E-state index contributed by atoms with van der Waals surface area (Å²) in [5.41, 5.74) is 0.613. The minimum atomic E-state index is -3.51. The molecule has 0 radical (unpaired) electrons. The fraction of sp³-hybridized carbons (Fsp3) is 0.500. The quantitative estimate of drug-likeness (QED) is 0.725. The van der Waals surface area contributed by atoms with Crippen LogP contribution in [0.4, 0.5) is 5.69 Å². The fourth-order valence-corrected chi connectivity index (χ4v) is 3.97. The van der Waals surface area contributed by atoms with Gasteiger partial charge in [0.25, 0.3) is 0 Å². The summed E-state index contributed by atoms with van der Waals surface area (Å²) in [6, 6.07) is 6.29. The van der Waals surface area contributed by atoms with Gasteiger partial charge in [0.1, 0.15) is 0 Å². The normalized spacial score (nSPS) is 15.6. The summed E-state index contributed by atoms with van der Waals surface area (Å²) < 4.78 is 31.7. The van der Waals surface area contributed by atoms with Crippen molar-refractivity contribution in [3.8, 4) is 0 Å². The van der Waals surface area contributed by atoms with E-state index in [2.05, 4.69) is 10.6 Å². The van der Waals surface area contributed by atoms with Crippen LogP contribution in [0.1, 0.15) is 26.2 Å². The molecule has 1 aromatic rings. The first-order chi connectivity index (χ1) is 11.9. The summed E-state index contributed by atoms with van der Waals surface area (Å²) in [7, 11) is -3.51. The molecular formula is C16H23N3O4S2. The van der Waals surface area contributed by atoms with E-state index in [0.29, 0.717) is 38.4 Å². The number of ether oxygens (including phenoxy) is 1. The number of unbranched alkanes of at least 4 members (excludes halogenated alkanes) is 1. The molecule has 1 aromatic carbocycles. The maximum absolute atomic E-state index is 12.5. The standard InChI is InChI=1S/C16H23N3O4S2/c1-2-3-4-15(20)18-16(24)17-13-5-7-14(8-6-13)25(21,22)19-9-11-23-12-10-19/h5-8H,2-4,9-12H2,1H3,(H2,17,18,20,24). The van der Waals surface area contributed by atoms with E-state index in [1.54, 1.807) is 12.1 Å². The van der Waals surface area contributed by atoms with Gasteiger partial charge in [-0.05, 0) is 42.9 Å². The molecule has 1 fully saturated rings. The number of carbonyl (C=O) groups excluding carboxylic acids is 1. The minimum absolute atomic E-state index is 0.133. The molecule has 0 spiro atoms. The Morgan fingerprint density at radius 3 is 2.48 bits per heavy atom. The van der Waals surface area contributed by atoms with Gasteiger partial charge < -0.3 is 15.4 Å². The van der Waals surface area contributed by atoms with Crippen molar-refractivity contribution in [2.45, 2.75) is 31.1 Å². The topological polar surface area (TPSA) is 87.7 Å². The van der Waals surface area contributed by atoms with Crippen LogP contribution in [0, 0.1) is 0 Å². The summed E-state index contributed by atoms with van der Waals surface area (Å²) in [5.74, 6) is -0.133. The monoisotopic (exact) mass is 385 g/mol. The molecule has 0 atom stereocenters. The zero-order chi connectivity index (χ0) is 18.3. The molecule has 1 amide bonds.